The quantitative estimate of drug-likeness (QED) is 0.873. The van der Waals surface area contributed by atoms with Gasteiger partial charge >= 0.3 is 0 Å². The fraction of sp³-hybridized carbons (Fsp3) is 0.611. The molecule has 0 spiro atoms. The first-order valence-corrected chi connectivity index (χ1v) is 8.94. The van der Waals surface area contributed by atoms with Crippen molar-refractivity contribution in [1.29, 1.82) is 0 Å². The third-order valence-electron chi connectivity index (χ3n) is 4.92. The summed E-state index contributed by atoms with van der Waals surface area (Å²) in [4.78, 5) is 32.2. The van der Waals surface area contributed by atoms with Gasteiger partial charge in [0.1, 0.15) is 5.82 Å². The van der Waals surface area contributed by atoms with Gasteiger partial charge in [0, 0.05) is 51.8 Å². The van der Waals surface area contributed by atoms with Crippen LogP contribution < -0.4 is 10.2 Å². The topological polar surface area (TPSA) is 74.8 Å². The maximum atomic E-state index is 12.4. The summed E-state index contributed by atoms with van der Waals surface area (Å²) in [6.45, 7) is 6.56. The van der Waals surface area contributed by atoms with Crippen LogP contribution in [0.4, 0.5) is 5.82 Å². The third-order valence-corrected chi connectivity index (χ3v) is 4.92. The molecule has 0 aromatic carbocycles. The summed E-state index contributed by atoms with van der Waals surface area (Å²) in [7, 11) is 0. The highest BCUT2D eigenvalue weighted by Gasteiger charge is 2.25. The van der Waals surface area contributed by atoms with Crippen molar-refractivity contribution >= 4 is 17.6 Å². The molecule has 0 bridgehead atoms. The summed E-state index contributed by atoms with van der Waals surface area (Å²) < 4.78 is 5.37. The number of anilines is 1. The molecule has 0 atom stereocenters. The fourth-order valence-electron chi connectivity index (χ4n) is 3.33. The summed E-state index contributed by atoms with van der Waals surface area (Å²) in [6.07, 6.45) is 3.26. The number of morpholine rings is 1. The summed E-state index contributed by atoms with van der Waals surface area (Å²) in [5.41, 5.74) is 1.05. The van der Waals surface area contributed by atoms with Gasteiger partial charge in [0.05, 0.1) is 13.2 Å². The SMILES string of the molecule is CC(=O)N1CCC(C(=O)NCc2ccnc(N3CCOCC3)c2)CC1. The van der Waals surface area contributed by atoms with Gasteiger partial charge in [0.15, 0.2) is 0 Å². The number of nitrogens with one attached hydrogen (secondary N) is 1. The van der Waals surface area contributed by atoms with Crippen LogP contribution in [0, 0.1) is 5.92 Å². The second kappa shape index (κ2) is 8.29. The highest BCUT2D eigenvalue weighted by atomic mass is 16.5. The van der Waals surface area contributed by atoms with Gasteiger partial charge in [-0.3, -0.25) is 9.59 Å². The van der Waals surface area contributed by atoms with Crippen LogP contribution in [-0.4, -0.2) is 61.1 Å². The molecule has 0 radical (unpaired) electrons. The summed E-state index contributed by atoms with van der Waals surface area (Å²) in [5, 5.41) is 3.03. The van der Waals surface area contributed by atoms with Gasteiger partial charge in [0.25, 0.3) is 0 Å². The predicted octanol–water partition coefficient (Wildman–Crippen LogP) is 0.793. The van der Waals surface area contributed by atoms with Crippen molar-refractivity contribution in [2.24, 2.45) is 5.92 Å². The monoisotopic (exact) mass is 346 g/mol. The van der Waals surface area contributed by atoms with E-state index in [9.17, 15) is 9.59 Å². The molecule has 25 heavy (non-hydrogen) atoms. The lowest BCUT2D eigenvalue weighted by molar-refractivity contribution is -0.134. The molecule has 1 aromatic heterocycles. The Bertz CT molecular complexity index is 608. The van der Waals surface area contributed by atoms with E-state index in [4.69, 9.17) is 4.74 Å². The zero-order chi connectivity index (χ0) is 17.6. The van der Waals surface area contributed by atoms with Crippen LogP contribution in [0.1, 0.15) is 25.3 Å². The highest BCUT2D eigenvalue weighted by Crippen LogP contribution is 2.18. The molecule has 2 saturated heterocycles. The minimum Gasteiger partial charge on any atom is -0.378 e. The molecule has 1 aromatic rings. The second-order valence-electron chi connectivity index (χ2n) is 6.62. The van der Waals surface area contributed by atoms with Crippen LogP contribution in [0.2, 0.25) is 0 Å². The lowest BCUT2D eigenvalue weighted by Crippen LogP contribution is -2.42. The van der Waals surface area contributed by atoms with Gasteiger partial charge in [-0.25, -0.2) is 4.98 Å². The Morgan fingerprint density at radius 1 is 1.24 bits per heavy atom. The van der Waals surface area contributed by atoms with E-state index in [-0.39, 0.29) is 17.7 Å². The number of likely N-dealkylation sites (tertiary alicyclic amines) is 1. The van der Waals surface area contributed by atoms with Crippen LogP contribution >= 0.6 is 0 Å². The van der Waals surface area contributed by atoms with E-state index >= 15 is 0 Å². The van der Waals surface area contributed by atoms with Crippen LogP contribution in [-0.2, 0) is 20.9 Å². The molecule has 3 heterocycles. The Labute approximate surface area is 148 Å². The number of aromatic nitrogens is 1. The Balaban J connectivity index is 1.50. The van der Waals surface area contributed by atoms with Crippen molar-refractivity contribution in [3.8, 4) is 0 Å². The Hall–Kier alpha value is -2.15. The summed E-state index contributed by atoms with van der Waals surface area (Å²) in [5.74, 6) is 1.10. The largest absolute Gasteiger partial charge is 0.378 e. The first-order chi connectivity index (χ1) is 12.1. The first kappa shape index (κ1) is 17.7. The molecule has 7 heteroatoms. The van der Waals surface area contributed by atoms with Gasteiger partial charge in [-0.1, -0.05) is 0 Å². The molecular formula is C18H26N4O3. The van der Waals surface area contributed by atoms with Crippen molar-refractivity contribution in [3.05, 3.63) is 23.9 Å². The number of carbonyl (C=O) groups is 2. The number of ether oxygens (including phenoxy) is 1. The Morgan fingerprint density at radius 2 is 1.96 bits per heavy atom. The third kappa shape index (κ3) is 4.69. The smallest absolute Gasteiger partial charge is 0.223 e. The minimum absolute atomic E-state index is 0.00356. The number of hydrogen-bond acceptors (Lipinski definition) is 5. The number of hydrogen-bond donors (Lipinski definition) is 1. The number of rotatable bonds is 4. The number of piperidine rings is 1. The molecule has 2 amide bonds. The predicted molar refractivity (Wildman–Crippen MR) is 94.1 cm³/mol. The number of pyridine rings is 1. The number of nitrogens with zero attached hydrogens (tertiary/aromatic N) is 3. The molecule has 3 rings (SSSR count). The molecular weight excluding hydrogens is 320 g/mol. The average molecular weight is 346 g/mol. The zero-order valence-electron chi connectivity index (χ0n) is 14.7. The molecule has 0 aliphatic carbocycles. The van der Waals surface area contributed by atoms with Crippen molar-refractivity contribution in [3.63, 3.8) is 0 Å². The highest BCUT2D eigenvalue weighted by molar-refractivity contribution is 5.79. The molecule has 7 nitrogen and oxygen atoms in total. The molecule has 136 valence electrons. The van der Waals surface area contributed by atoms with Crippen LogP contribution in [0.5, 0.6) is 0 Å². The van der Waals surface area contributed by atoms with E-state index in [1.165, 1.54) is 0 Å². The fourth-order valence-corrected chi connectivity index (χ4v) is 3.33. The summed E-state index contributed by atoms with van der Waals surface area (Å²) in [6, 6.07) is 3.96. The Kier molecular flexibility index (Phi) is 5.86. The van der Waals surface area contributed by atoms with Crippen LogP contribution in [0.25, 0.3) is 0 Å². The molecule has 2 aliphatic heterocycles. The number of amides is 2. The molecule has 0 saturated carbocycles. The van der Waals surface area contributed by atoms with E-state index in [1.54, 1.807) is 18.0 Å². The van der Waals surface area contributed by atoms with E-state index in [2.05, 4.69) is 15.2 Å². The molecule has 2 fully saturated rings. The first-order valence-electron chi connectivity index (χ1n) is 8.94. The maximum Gasteiger partial charge on any atom is 0.223 e. The van der Waals surface area contributed by atoms with Gasteiger partial charge in [-0.05, 0) is 30.5 Å². The van der Waals surface area contributed by atoms with Gasteiger partial charge in [-0.15, -0.1) is 0 Å². The molecule has 0 unspecified atom stereocenters. The number of carbonyl (C=O) groups excluding carboxylic acids is 2. The standard InChI is InChI=1S/C18H26N4O3/c1-14(23)21-6-3-16(4-7-21)18(24)20-13-15-2-5-19-17(12-15)22-8-10-25-11-9-22/h2,5,12,16H,3-4,6-11,13H2,1H3,(H,20,24). The lowest BCUT2D eigenvalue weighted by Gasteiger charge is -2.30. The van der Waals surface area contributed by atoms with E-state index < -0.39 is 0 Å². The van der Waals surface area contributed by atoms with Gasteiger partial charge < -0.3 is 19.9 Å². The lowest BCUT2D eigenvalue weighted by atomic mass is 9.96. The van der Waals surface area contributed by atoms with Crippen molar-refractivity contribution in [2.45, 2.75) is 26.3 Å². The van der Waals surface area contributed by atoms with Crippen LogP contribution in [0.3, 0.4) is 0 Å². The van der Waals surface area contributed by atoms with E-state index in [0.717, 1.165) is 50.5 Å². The second-order valence-corrected chi connectivity index (χ2v) is 6.62. The van der Waals surface area contributed by atoms with Gasteiger partial charge in [0.2, 0.25) is 11.8 Å². The van der Waals surface area contributed by atoms with Gasteiger partial charge in [-0.2, -0.15) is 0 Å². The van der Waals surface area contributed by atoms with Crippen molar-refractivity contribution in [2.75, 3.05) is 44.3 Å². The van der Waals surface area contributed by atoms with Crippen LogP contribution in [0.15, 0.2) is 18.3 Å². The molecule has 2 aliphatic rings. The minimum atomic E-state index is -0.00356. The zero-order valence-corrected chi connectivity index (χ0v) is 14.7. The summed E-state index contributed by atoms with van der Waals surface area (Å²) >= 11 is 0. The molecule has 1 N–H and O–H groups in total. The van der Waals surface area contributed by atoms with E-state index in [1.807, 2.05) is 12.1 Å². The van der Waals surface area contributed by atoms with Crippen molar-refractivity contribution < 1.29 is 14.3 Å². The maximum absolute atomic E-state index is 12.4. The van der Waals surface area contributed by atoms with E-state index in [0.29, 0.717) is 19.6 Å². The Morgan fingerprint density at radius 3 is 2.64 bits per heavy atom. The van der Waals surface area contributed by atoms with Crippen molar-refractivity contribution in [1.82, 2.24) is 15.2 Å². The normalized spacial score (nSPS) is 18.9. The average Bonchev–Trinajstić information content (AvgIpc) is 2.67.